The summed E-state index contributed by atoms with van der Waals surface area (Å²) in [5.74, 6) is 0.430. The van der Waals surface area contributed by atoms with Gasteiger partial charge in [0, 0.05) is 36.8 Å². The van der Waals surface area contributed by atoms with Gasteiger partial charge in [0.25, 0.3) is 0 Å². The van der Waals surface area contributed by atoms with Crippen molar-refractivity contribution in [1.29, 1.82) is 0 Å². The van der Waals surface area contributed by atoms with E-state index >= 15 is 0 Å². The quantitative estimate of drug-likeness (QED) is 0.884. The Hall–Kier alpha value is -1.32. The zero-order valence-corrected chi connectivity index (χ0v) is 13.1. The molecule has 0 radical (unpaired) electrons. The van der Waals surface area contributed by atoms with Crippen LogP contribution in [0.15, 0.2) is 36.7 Å². The standard InChI is InChI=1S/C16H22ClN3/c1-12(2)18-10-15(8-13-9-19-20(3)11-13)14-4-6-16(17)7-5-14/h4-7,9,11-12,15,18H,8,10H2,1-3H3. The van der Waals surface area contributed by atoms with E-state index in [0.717, 1.165) is 18.0 Å². The molecule has 2 rings (SSSR count). The average Bonchev–Trinajstić information content (AvgIpc) is 2.81. The number of halogens is 1. The molecular formula is C16H22ClN3. The summed E-state index contributed by atoms with van der Waals surface area (Å²) in [5, 5.41) is 8.56. The van der Waals surface area contributed by atoms with Crippen LogP contribution in [0, 0.1) is 0 Å². The van der Waals surface area contributed by atoms with E-state index in [-0.39, 0.29) is 0 Å². The van der Waals surface area contributed by atoms with Gasteiger partial charge in [-0.25, -0.2) is 0 Å². The van der Waals surface area contributed by atoms with Crippen molar-refractivity contribution in [2.75, 3.05) is 6.54 Å². The molecule has 1 N–H and O–H groups in total. The fourth-order valence-electron chi connectivity index (χ4n) is 2.28. The Morgan fingerprint density at radius 2 is 1.95 bits per heavy atom. The molecule has 0 spiro atoms. The van der Waals surface area contributed by atoms with Gasteiger partial charge in [0.1, 0.15) is 0 Å². The van der Waals surface area contributed by atoms with Crippen molar-refractivity contribution in [3.8, 4) is 0 Å². The van der Waals surface area contributed by atoms with Crippen molar-refractivity contribution in [2.24, 2.45) is 7.05 Å². The minimum absolute atomic E-state index is 0.430. The highest BCUT2D eigenvalue weighted by atomic mass is 35.5. The van der Waals surface area contributed by atoms with E-state index in [1.807, 2.05) is 30.1 Å². The number of benzene rings is 1. The molecule has 0 aliphatic heterocycles. The van der Waals surface area contributed by atoms with Gasteiger partial charge in [0.2, 0.25) is 0 Å². The van der Waals surface area contributed by atoms with E-state index < -0.39 is 0 Å². The number of aryl methyl sites for hydroxylation is 1. The van der Waals surface area contributed by atoms with E-state index in [1.54, 1.807) is 0 Å². The smallest absolute Gasteiger partial charge is 0.0521 e. The number of aromatic nitrogens is 2. The van der Waals surface area contributed by atoms with Crippen LogP contribution in [0.5, 0.6) is 0 Å². The molecule has 0 saturated carbocycles. The lowest BCUT2D eigenvalue weighted by atomic mass is 9.93. The highest BCUT2D eigenvalue weighted by Gasteiger charge is 2.14. The minimum atomic E-state index is 0.430. The van der Waals surface area contributed by atoms with E-state index in [1.165, 1.54) is 11.1 Å². The van der Waals surface area contributed by atoms with Crippen molar-refractivity contribution in [3.63, 3.8) is 0 Å². The lowest BCUT2D eigenvalue weighted by molar-refractivity contribution is 0.526. The Bertz CT molecular complexity index is 531. The first-order valence-electron chi connectivity index (χ1n) is 7.01. The summed E-state index contributed by atoms with van der Waals surface area (Å²) in [6, 6.07) is 8.64. The third-order valence-corrected chi connectivity index (χ3v) is 3.61. The summed E-state index contributed by atoms with van der Waals surface area (Å²) < 4.78 is 1.85. The summed E-state index contributed by atoms with van der Waals surface area (Å²) >= 11 is 5.98. The lowest BCUT2D eigenvalue weighted by Crippen LogP contribution is -2.28. The summed E-state index contributed by atoms with van der Waals surface area (Å²) in [6.07, 6.45) is 5.01. The van der Waals surface area contributed by atoms with Gasteiger partial charge in [-0.15, -0.1) is 0 Å². The Morgan fingerprint density at radius 1 is 1.25 bits per heavy atom. The number of nitrogens with zero attached hydrogens (tertiary/aromatic N) is 2. The molecule has 1 heterocycles. The van der Waals surface area contributed by atoms with Gasteiger partial charge in [-0.05, 0) is 29.7 Å². The number of hydrogen-bond donors (Lipinski definition) is 1. The molecule has 0 aliphatic carbocycles. The van der Waals surface area contributed by atoms with Crippen molar-refractivity contribution >= 4 is 11.6 Å². The Labute approximate surface area is 126 Å². The zero-order chi connectivity index (χ0) is 14.5. The summed E-state index contributed by atoms with van der Waals surface area (Å²) in [7, 11) is 1.95. The van der Waals surface area contributed by atoms with Crippen LogP contribution < -0.4 is 5.32 Å². The lowest BCUT2D eigenvalue weighted by Gasteiger charge is -2.19. The maximum absolute atomic E-state index is 5.98. The number of rotatable bonds is 6. The minimum Gasteiger partial charge on any atom is -0.314 e. The van der Waals surface area contributed by atoms with Crippen LogP contribution in [0.2, 0.25) is 5.02 Å². The summed E-state index contributed by atoms with van der Waals surface area (Å²) in [5.41, 5.74) is 2.57. The Kier molecular flexibility index (Phi) is 5.21. The van der Waals surface area contributed by atoms with Crippen LogP contribution in [0.3, 0.4) is 0 Å². The normalized spacial score (nSPS) is 12.8. The van der Waals surface area contributed by atoms with Crippen molar-refractivity contribution in [3.05, 3.63) is 52.8 Å². The van der Waals surface area contributed by atoms with Gasteiger partial charge >= 0.3 is 0 Å². The first-order valence-corrected chi connectivity index (χ1v) is 7.38. The fourth-order valence-corrected chi connectivity index (χ4v) is 2.41. The summed E-state index contributed by atoms with van der Waals surface area (Å²) in [4.78, 5) is 0. The van der Waals surface area contributed by atoms with Crippen LogP contribution >= 0.6 is 11.6 Å². The zero-order valence-electron chi connectivity index (χ0n) is 12.3. The third-order valence-electron chi connectivity index (χ3n) is 3.35. The molecule has 20 heavy (non-hydrogen) atoms. The van der Waals surface area contributed by atoms with Crippen molar-refractivity contribution in [1.82, 2.24) is 15.1 Å². The van der Waals surface area contributed by atoms with Gasteiger partial charge < -0.3 is 5.32 Å². The molecule has 0 amide bonds. The van der Waals surface area contributed by atoms with Crippen LogP contribution in [0.25, 0.3) is 0 Å². The molecule has 0 aliphatic rings. The highest BCUT2D eigenvalue weighted by Crippen LogP contribution is 2.22. The first-order chi connectivity index (χ1) is 9.54. The number of hydrogen-bond acceptors (Lipinski definition) is 2. The van der Waals surface area contributed by atoms with E-state index in [9.17, 15) is 0 Å². The average molecular weight is 292 g/mol. The van der Waals surface area contributed by atoms with Crippen LogP contribution in [-0.4, -0.2) is 22.4 Å². The highest BCUT2D eigenvalue weighted by molar-refractivity contribution is 6.30. The topological polar surface area (TPSA) is 29.9 Å². The van der Waals surface area contributed by atoms with Gasteiger partial charge in [-0.3, -0.25) is 4.68 Å². The fraction of sp³-hybridized carbons (Fsp3) is 0.438. The van der Waals surface area contributed by atoms with Crippen LogP contribution in [-0.2, 0) is 13.5 Å². The predicted octanol–water partition coefficient (Wildman–Crippen LogP) is 3.40. The van der Waals surface area contributed by atoms with E-state index in [0.29, 0.717) is 12.0 Å². The molecule has 3 nitrogen and oxygen atoms in total. The second-order valence-corrected chi connectivity index (χ2v) is 5.97. The van der Waals surface area contributed by atoms with Crippen molar-refractivity contribution in [2.45, 2.75) is 32.2 Å². The molecule has 0 saturated heterocycles. The third kappa shape index (κ3) is 4.36. The SMILES string of the molecule is CC(C)NCC(Cc1cnn(C)c1)c1ccc(Cl)cc1. The largest absolute Gasteiger partial charge is 0.314 e. The second-order valence-electron chi connectivity index (χ2n) is 5.54. The van der Waals surface area contributed by atoms with Gasteiger partial charge in [0.05, 0.1) is 6.20 Å². The molecule has 2 aromatic rings. The molecule has 1 aromatic heterocycles. The molecule has 108 valence electrons. The molecule has 0 fully saturated rings. The molecule has 1 aromatic carbocycles. The van der Waals surface area contributed by atoms with Crippen molar-refractivity contribution < 1.29 is 0 Å². The second kappa shape index (κ2) is 6.91. The van der Waals surface area contributed by atoms with Gasteiger partial charge in [-0.1, -0.05) is 37.6 Å². The van der Waals surface area contributed by atoms with Gasteiger partial charge in [0.15, 0.2) is 0 Å². The van der Waals surface area contributed by atoms with E-state index in [2.05, 4.69) is 42.6 Å². The van der Waals surface area contributed by atoms with Crippen LogP contribution in [0.1, 0.15) is 30.9 Å². The monoisotopic (exact) mass is 291 g/mol. The Balaban J connectivity index is 2.13. The van der Waals surface area contributed by atoms with Gasteiger partial charge in [-0.2, -0.15) is 5.10 Å². The van der Waals surface area contributed by atoms with Crippen LogP contribution in [0.4, 0.5) is 0 Å². The molecule has 4 heteroatoms. The molecule has 0 bridgehead atoms. The summed E-state index contributed by atoms with van der Waals surface area (Å²) in [6.45, 7) is 5.29. The maximum atomic E-state index is 5.98. The van der Waals surface area contributed by atoms with E-state index in [4.69, 9.17) is 11.6 Å². The maximum Gasteiger partial charge on any atom is 0.0521 e. The molecule has 1 atom stereocenters. The predicted molar refractivity (Wildman–Crippen MR) is 84.2 cm³/mol. The molecule has 1 unspecified atom stereocenters. The number of nitrogens with one attached hydrogen (secondary N) is 1. The molecular weight excluding hydrogens is 270 g/mol. The first kappa shape index (κ1) is 15.1. The Morgan fingerprint density at radius 3 is 2.50 bits per heavy atom.